The van der Waals surface area contributed by atoms with Crippen molar-refractivity contribution in [3.8, 4) is 0 Å². The third-order valence-corrected chi connectivity index (χ3v) is 1.33. The quantitative estimate of drug-likeness (QED) is 0.721. The Morgan fingerprint density at radius 1 is 1.06 bits per heavy atom. The first-order valence-electron chi connectivity index (χ1n) is 4.84. The average molecular weight is 291 g/mol. The normalized spacial score (nSPS) is 9.67. The number of para-hydroxylation sites is 1. The van der Waals surface area contributed by atoms with Crippen LogP contribution >= 0.6 is 0 Å². The Hall–Kier alpha value is -1.28. The highest BCUT2D eigenvalue weighted by Gasteiger charge is 1.98. The maximum atomic E-state index is 9.56. The molecule has 0 saturated carbocycles. The van der Waals surface area contributed by atoms with Crippen LogP contribution in [-0.4, -0.2) is 53.8 Å². The highest BCUT2D eigenvalue weighted by Crippen LogP contribution is 2.06. The van der Waals surface area contributed by atoms with Crippen molar-refractivity contribution in [2.45, 2.75) is 0 Å². The molecule has 0 unspecified atom stereocenters. The van der Waals surface area contributed by atoms with Gasteiger partial charge in [-0.25, -0.2) is 0 Å². The van der Waals surface area contributed by atoms with E-state index in [1.807, 2.05) is 12.1 Å². The first-order chi connectivity index (χ1) is 8.34. The summed E-state index contributed by atoms with van der Waals surface area (Å²) in [5.41, 5.74) is 1.33. The molecule has 18 heavy (non-hydrogen) atoms. The summed E-state index contributed by atoms with van der Waals surface area (Å²) in [5, 5.41) is 16.1. The number of hydrogen-bond donors (Lipinski definition) is 1. The zero-order valence-corrected chi connectivity index (χ0v) is 12.4. The molecule has 0 atom stereocenters. The minimum Gasteiger partial charge on any atom is -0.410 e. The summed E-state index contributed by atoms with van der Waals surface area (Å²) < 4.78 is 19.1. The van der Waals surface area contributed by atoms with Gasteiger partial charge in [0.15, 0.2) is 0 Å². The zero-order chi connectivity index (χ0) is 14.1. The molecule has 0 aliphatic rings. The Balaban J connectivity index is 0.000000307. The molecule has 1 aromatic carbocycles. The van der Waals surface area contributed by atoms with Crippen LogP contribution in [0.25, 0.3) is 11.0 Å². The van der Waals surface area contributed by atoms with E-state index in [-0.39, 0.29) is 0 Å². The molecular weight excluding hydrogens is 274 g/mol. The molecule has 0 fully saturated rings. The van der Waals surface area contributed by atoms with Crippen molar-refractivity contribution in [2.24, 2.45) is 0 Å². The Morgan fingerprint density at radius 2 is 1.50 bits per heavy atom. The van der Waals surface area contributed by atoms with E-state index in [9.17, 15) is 8.42 Å². The largest absolute Gasteiger partial charge is 0.410 e. The molecular formula is C10H17N3O3S2. The van der Waals surface area contributed by atoms with Crippen LogP contribution in [-0.2, 0) is 21.6 Å². The van der Waals surface area contributed by atoms with Crippen molar-refractivity contribution in [3.63, 3.8) is 0 Å². The lowest BCUT2D eigenvalue weighted by Crippen LogP contribution is -1.90. The number of hydrogen-bond acceptors (Lipinski definition) is 5. The molecule has 1 N–H and O–H groups in total. The van der Waals surface area contributed by atoms with Crippen LogP contribution in [0.3, 0.4) is 0 Å². The van der Waals surface area contributed by atoms with Crippen molar-refractivity contribution in [3.05, 3.63) is 24.3 Å². The second-order valence-corrected chi connectivity index (χ2v) is 6.42. The highest BCUT2D eigenvalue weighted by atomic mass is 32.2. The SMILES string of the molecule is CS(C)=O.CS(C)=O.On1nnc2ccccc21. The van der Waals surface area contributed by atoms with Gasteiger partial charge in [-0.2, -0.15) is 0 Å². The Labute approximate surface area is 111 Å². The van der Waals surface area contributed by atoms with Gasteiger partial charge >= 0.3 is 0 Å². The monoisotopic (exact) mass is 291 g/mol. The molecule has 0 amide bonds. The summed E-state index contributed by atoms with van der Waals surface area (Å²) in [6, 6.07) is 7.19. The number of fused-ring (bicyclic) bond motifs is 1. The van der Waals surface area contributed by atoms with E-state index in [0.29, 0.717) is 11.0 Å². The number of rotatable bonds is 0. The molecule has 8 heteroatoms. The minimum absolute atomic E-state index is 0.611. The molecule has 2 aromatic rings. The van der Waals surface area contributed by atoms with E-state index < -0.39 is 21.6 Å². The molecule has 2 rings (SSSR count). The van der Waals surface area contributed by atoms with Crippen LogP contribution in [0.1, 0.15) is 0 Å². The van der Waals surface area contributed by atoms with Crippen molar-refractivity contribution in [2.75, 3.05) is 25.0 Å². The van der Waals surface area contributed by atoms with E-state index in [1.165, 1.54) is 0 Å². The number of nitrogens with zero attached hydrogens (tertiary/aromatic N) is 3. The van der Waals surface area contributed by atoms with Crippen LogP contribution < -0.4 is 0 Å². The van der Waals surface area contributed by atoms with Crippen molar-refractivity contribution < 1.29 is 13.6 Å². The zero-order valence-electron chi connectivity index (χ0n) is 10.7. The highest BCUT2D eigenvalue weighted by molar-refractivity contribution is 7.83. The van der Waals surface area contributed by atoms with Crippen molar-refractivity contribution >= 4 is 32.6 Å². The van der Waals surface area contributed by atoms with Crippen LogP contribution in [0.15, 0.2) is 24.3 Å². The van der Waals surface area contributed by atoms with E-state index in [1.54, 1.807) is 37.2 Å². The fourth-order valence-electron chi connectivity index (χ4n) is 0.857. The van der Waals surface area contributed by atoms with E-state index >= 15 is 0 Å². The van der Waals surface area contributed by atoms with Gasteiger partial charge in [0.05, 0.1) is 0 Å². The van der Waals surface area contributed by atoms with E-state index in [0.717, 1.165) is 4.85 Å². The number of aromatic nitrogens is 3. The smallest absolute Gasteiger partial charge is 0.130 e. The molecule has 0 saturated heterocycles. The van der Waals surface area contributed by atoms with Crippen LogP contribution in [0, 0.1) is 0 Å². The van der Waals surface area contributed by atoms with Crippen LogP contribution in [0.4, 0.5) is 0 Å². The minimum atomic E-state index is -0.611. The maximum Gasteiger partial charge on any atom is 0.130 e. The van der Waals surface area contributed by atoms with Crippen molar-refractivity contribution in [1.82, 2.24) is 15.2 Å². The summed E-state index contributed by atoms with van der Waals surface area (Å²) >= 11 is 0. The Kier molecular flexibility index (Phi) is 8.14. The molecule has 102 valence electrons. The van der Waals surface area contributed by atoms with Gasteiger partial charge in [0, 0.05) is 46.6 Å². The maximum absolute atomic E-state index is 9.56. The van der Waals surface area contributed by atoms with E-state index in [4.69, 9.17) is 5.21 Å². The van der Waals surface area contributed by atoms with Gasteiger partial charge in [-0.05, 0) is 17.3 Å². The third-order valence-electron chi connectivity index (χ3n) is 1.33. The summed E-state index contributed by atoms with van der Waals surface area (Å²) in [7, 11) is -1.22. The summed E-state index contributed by atoms with van der Waals surface area (Å²) in [4.78, 5) is 0.759. The van der Waals surface area contributed by atoms with Gasteiger partial charge in [0.2, 0.25) is 0 Å². The predicted octanol–water partition coefficient (Wildman–Crippen LogP) is 0.658. The molecule has 0 aliphatic carbocycles. The third kappa shape index (κ3) is 7.91. The lowest BCUT2D eigenvalue weighted by Gasteiger charge is -1.85. The van der Waals surface area contributed by atoms with Gasteiger partial charge in [0.1, 0.15) is 11.0 Å². The average Bonchev–Trinajstić information content (AvgIpc) is 2.60. The number of benzene rings is 1. The Bertz CT molecular complexity index is 508. The molecule has 0 radical (unpaired) electrons. The fraction of sp³-hybridized carbons (Fsp3) is 0.400. The first kappa shape index (κ1) is 16.7. The fourth-order valence-corrected chi connectivity index (χ4v) is 0.857. The topological polar surface area (TPSA) is 85.1 Å². The summed E-state index contributed by atoms with van der Waals surface area (Å²) in [6.45, 7) is 0. The Morgan fingerprint density at radius 3 is 1.94 bits per heavy atom. The molecule has 6 nitrogen and oxygen atoms in total. The summed E-state index contributed by atoms with van der Waals surface area (Å²) in [5.74, 6) is 0. The molecule has 0 spiro atoms. The second kappa shape index (κ2) is 8.76. The van der Waals surface area contributed by atoms with Crippen LogP contribution in [0.2, 0.25) is 0 Å². The summed E-state index contributed by atoms with van der Waals surface area (Å²) in [6.07, 6.45) is 6.56. The first-order valence-corrected chi connectivity index (χ1v) is 8.77. The van der Waals surface area contributed by atoms with Crippen LogP contribution in [0.5, 0.6) is 0 Å². The standard InChI is InChI=1S/C6H5N3O.2C2H6OS/c10-9-6-4-2-1-3-5(6)7-8-9;2*1-4(2)3/h1-4,10H;2*1-2H3. The predicted molar refractivity (Wildman–Crippen MR) is 74.7 cm³/mol. The van der Waals surface area contributed by atoms with Gasteiger partial charge in [-0.3, -0.25) is 8.42 Å². The molecule has 1 aromatic heterocycles. The van der Waals surface area contributed by atoms with Gasteiger partial charge in [-0.1, -0.05) is 17.0 Å². The van der Waals surface area contributed by atoms with Gasteiger partial charge in [-0.15, -0.1) is 5.10 Å². The lowest BCUT2D eigenvalue weighted by atomic mass is 10.3. The van der Waals surface area contributed by atoms with Gasteiger partial charge < -0.3 is 5.21 Å². The molecule has 0 aliphatic heterocycles. The molecule has 1 heterocycles. The second-order valence-electron chi connectivity index (χ2n) is 3.45. The lowest BCUT2D eigenvalue weighted by molar-refractivity contribution is 0.155. The van der Waals surface area contributed by atoms with E-state index in [2.05, 4.69) is 10.3 Å². The van der Waals surface area contributed by atoms with Gasteiger partial charge in [0.25, 0.3) is 0 Å². The van der Waals surface area contributed by atoms with Crippen molar-refractivity contribution in [1.29, 1.82) is 0 Å². The molecule has 0 bridgehead atoms.